The Bertz CT molecular complexity index is 1120. The molecule has 5 heteroatoms. The summed E-state index contributed by atoms with van der Waals surface area (Å²) in [7, 11) is 1.95. The van der Waals surface area contributed by atoms with Gasteiger partial charge in [-0.15, -0.1) is 0 Å². The first kappa shape index (κ1) is 20.1. The van der Waals surface area contributed by atoms with Crippen LogP contribution in [0.2, 0.25) is 0 Å². The van der Waals surface area contributed by atoms with Gasteiger partial charge in [-0.3, -0.25) is 0 Å². The van der Waals surface area contributed by atoms with Crippen LogP contribution in [0.5, 0.6) is 5.75 Å². The van der Waals surface area contributed by atoms with Crippen molar-refractivity contribution in [1.82, 2.24) is 14.5 Å². The highest BCUT2D eigenvalue weighted by Gasteiger charge is 2.25. The highest BCUT2D eigenvalue weighted by molar-refractivity contribution is 5.91. The van der Waals surface area contributed by atoms with E-state index in [0.29, 0.717) is 5.92 Å². The largest absolute Gasteiger partial charge is 0.493 e. The number of fused-ring (bicyclic) bond motifs is 1. The van der Waals surface area contributed by atoms with Crippen molar-refractivity contribution >= 4 is 11.0 Å². The first-order valence-corrected chi connectivity index (χ1v) is 11.7. The Morgan fingerprint density at radius 2 is 1.90 bits per heavy atom. The monoisotopic (exact) mass is 414 g/mol. The Hall–Kier alpha value is -2.87. The number of nitrogens with zero attached hydrogens (tertiary/aromatic N) is 4. The van der Waals surface area contributed by atoms with E-state index in [1.54, 1.807) is 0 Å². The Labute approximate surface area is 184 Å². The van der Waals surface area contributed by atoms with E-state index in [9.17, 15) is 5.26 Å². The van der Waals surface area contributed by atoms with E-state index in [2.05, 4.69) is 34.2 Å². The second-order valence-electron chi connectivity index (χ2n) is 9.19. The van der Waals surface area contributed by atoms with Gasteiger partial charge in [0.05, 0.1) is 12.3 Å². The third-order valence-corrected chi connectivity index (χ3v) is 7.16. The lowest BCUT2D eigenvalue weighted by Crippen LogP contribution is -2.14. The lowest BCUT2D eigenvalue weighted by atomic mass is 9.79. The number of aromatic nitrogens is 3. The van der Waals surface area contributed by atoms with E-state index in [-0.39, 0.29) is 5.82 Å². The highest BCUT2D eigenvalue weighted by Crippen LogP contribution is 2.43. The molecule has 0 amide bonds. The van der Waals surface area contributed by atoms with E-state index in [0.717, 1.165) is 47.0 Å². The minimum absolute atomic E-state index is 0.210. The molecule has 31 heavy (non-hydrogen) atoms. The van der Waals surface area contributed by atoms with Crippen LogP contribution in [0.4, 0.5) is 0 Å². The second kappa shape index (κ2) is 8.70. The standard InChI is InChI=1S/C26H30N4O/c1-30-14-12-21-25(28-24(17-27)29-26(21)30)20-10-11-23(22(16-20)19-8-5-9-19)31-15-13-18-6-3-2-4-7-18/h10-12,14,16,18-19H,2-9,13,15H2,1H3. The van der Waals surface area contributed by atoms with Crippen molar-refractivity contribution in [2.24, 2.45) is 13.0 Å². The maximum atomic E-state index is 9.43. The Morgan fingerprint density at radius 3 is 2.65 bits per heavy atom. The molecule has 0 radical (unpaired) electrons. The predicted molar refractivity (Wildman–Crippen MR) is 122 cm³/mol. The molecule has 2 aliphatic carbocycles. The molecule has 5 rings (SSSR count). The van der Waals surface area contributed by atoms with E-state index >= 15 is 0 Å². The smallest absolute Gasteiger partial charge is 0.234 e. The molecule has 160 valence electrons. The molecular formula is C26H30N4O. The van der Waals surface area contributed by atoms with Gasteiger partial charge < -0.3 is 9.30 Å². The van der Waals surface area contributed by atoms with Gasteiger partial charge in [-0.25, -0.2) is 9.97 Å². The van der Waals surface area contributed by atoms with E-state index in [1.807, 2.05) is 23.9 Å². The second-order valence-corrected chi connectivity index (χ2v) is 9.19. The summed E-state index contributed by atoms with van der Waals surface area (Å²) >= 11 is 0. The zero-order chi connectivity index (χ0) is 21.2. The quantitative estimate of drug-likeness (QED) is 0.487. The number of ether oxygens (including phenoxy) is 1. The topological polar surface area (TPSA) is 63.7 Å². The zero-order valence-electron chi connectivity index (χ0n) is 18.3. The van der Waals surface area contributed by atoms with E-state index in [4.69, 9.17) is 4.74 Å². The molecule has 2 fully saturated rings. The average molecular weight is 415 g/mol. The number of benzene rings is 1. The minimum atomic E-state index is 0.210. The molecule has 3 aromatic rings. The van der Waals surface area contributed by atoms with Gasteiger partial charge in [-0.05, 0) is 60.9 Å². The average Bonchev–Trinajstić information content (AvgIpc) is 3.14. The summed E-state index contributed by atoms with van der Waals surface area (Å²) in [5.74, 6) is 2.63. The van der Waals surface area contributed by atoms with Crippen LogP contribution in [0.1, 0.15) is 75.1 Å². The fraction of sp³-hybridized carbons (Fsp3) is 0.500. The maximum absolute atomic E-state index is 9.43. The van der Waals surface area contributed by atoms with E-state index < -0.39 is 0 Å². The van der Waals surface area contributed by atoms with Crippen molar-refractivity contribution < 1.29 is 4.74 Å². The van der Waals surface area contributed by atoms with Gasteiger partial charge in [0.25, 0.3) is 0 Å². The van der Waals surface area contributed by atoms with Crippen LogP contribution < -0.4 is 4.74 Å². The summed E-state index contributed by atoms with van der Waals surface area (Å²) < 4.78 is 8.28. The van der Waals surface area contributed by atoms with Crippen molar-refractivity contribution in [1.29, 1.82) is 5.26 Å². The first-order chi connectivity index (χ1) is 15.2. The molecule has 2 saturated carbocycles. The Kier molecular flexibility index (Phi) is 5.63. The highest BCUT2D eigenvalue weighted by atomic mass is 16.5. The Morgan fingerprint density at radius 1 is 1.06 bits per heavy atom. The van der Waals surface area contributed by atoms with Crippen LogP contribution >= 0.6 is 0 Å². The minimum Gasteiger partial charge on any atom is -0.493 e. The lowest BCUT2D eigenvalue weighted by molar-refractivity contribution is 0.242. The molecule has 5 nitrogen and oxygen atoms in total. The zero-order valence-corrected chi connectivity index (χ0v) is 18.3. The molecule has 0 spiro atoms. The van der Waals surface area contributed by atoms with Crippen molar-refractivity contribution in [3.8, 4) is 23.1 Å². The lowest BCUT2D eigenvalue weighted by Gasteiger charge is -2.28. The molecule has 1 aromatic carbocycles. The van der Waals surface area contributed by atoms with Crippen molar-refractivity contribution in [2.45, 2.75) is 63.7 Å². The van der Waals surface area contributed by atoms with Gasteiger partial charge in [-0.2, -0.15) is 5.26 Å². The van der Waals surface area contributed by atoms with Gasteiger partial charge in [0.15, 0.2) is 0 Å². The number of rotatable bonds is 6. The third-order valence-electron chi connectivity index (χ3n) is 7.16. The summed E-state index contributed by atoms with van der Waals surface area (Å²) in [6.07, 6.45) is 13.7. The van der Waals surface area contributed by atoms with Crippen LogP contribution in [-0.4, -0.2) is 21.1 Å². The molecule has 0 atom stereocenters. The first-order valence-electron chi connectivity index (χ1n) is 11.7. The molecule has 2 heterocycles. The fourth-order valence-electron chi connectivity index (χ4n) is 5.08. The molecule has 0 N–H and O–H groups in total. The van der Waals surface area contributed by atoms with Crippen molar-refractivity contribution in [2.75, 3.05) is 6.61 Å². The van der Waals surface area contributed by atoms with E-state index in [1.165, 1.54) is 56.9 Å². The van der Waals surface area contributed by atoms with Crippen LogP contribution in [0.15, 0.2) is 30.5 Å². The molecule has 2 aromatic heterocycles. The van der Waals surface area contributed by atoms with Crippen LogP contribution in [-0.2, 0) is 7.05 Å². The third kappa shape index (κ3) is 4.04. The molecule has 0 saturated heterocycles. The summed E-state index contributed by atoms with van der Waals surface area (Å²) in [4.78, 5) is 8.97. The maximum Gasteiger partial charge on any atom is 0.234 e. The van der Waals surface area contributed by atoms with Crippen molar-refractivity contribution in [3.05, 3.63) is 41.9 Å². The summed E-state index contributed by atoms with van der Waals surface area (Å²) in [5.41, 5.74) is 3.96. The molecule has 0 unspecified atom stereocenters. The molecule has 2 aliphatic rings. The molecule has 0 bridgehead atoms. The molecular weight excluding hydrogens is 384 g/mol. The fourth-order valence-corrected chi connectivity index (χ4v) is 5.08. The number of hydrogen-bond donors (Lipinski definition) is 0. The van der Waals surface area contributed by atoms with Gasteiger partial charge in [0, 0.05) is 24.2 Å². The van der Waals surface area contributed by atoms with Crippen molar-refractivity contribution in [3.63, 3.8) is 0 Å². The van der Waals surface area contributed by atoms with Gasteiger partial charge in [-0.1, -0.05) is 38.5 Å². The van der Waals surface area contributed by atoms with Gasteiger partial charge in [0.1, 0.15) is 17.5 Å². The summed E-state index contributed by atoms with van der Waals surface area (Å²) in [5, 5.41) is 10.4. The molecule has 0 aliphatic heterocycles. The predicted octanol–water partition coefficient (Wildman–Crippen LogP) is 6.12. The summed E-state index contributed by atoms with van der Waals surface area (Å²) in [6.45, 7) is 0.804. The number of hydrogen-bond acceptors (Lipinski definition) is 4. The number of nitriles is 1. The van der Waals surface area contributed by atoms with Gasteiger partial charge >= 0.3 is 0 Å². The van der Waals surface area contributed by atoms with Gasteiger partial charge in [0.2, 0.25) is 5.82 Å². The van der Waals surface area contributed by atoms with Crippen LogP contribution in [0.25, 0.3) is 22.3 Å². The van der Waals surface area contributed by atoms with Crippen LogP contribution in [0.3, 0.4) is 0 Å². The number of aryl methyl sites for hydroxylation is 1. The Balaban J connectivity index is 1.44. The summed E-state index contributed by atoms with van der Waals surface area (Å²) in [6, 6.07) is 10.6. The SMILES string of the molecule is Cn1ccc2c(-c3ccc(OCCC4CCCCC4)c(C4CCC4)c3)nc(C#N)nc21. The van der Waals surface area contributed by atoms with Crippen LogP contribution in [0, 0.1) is 17.2 Å². The normalized spacial score (nSPS) is 17.4.